The molecule has 0 aliphatic heterocycles. The Hall–Kier alpha value is -0.750. The van der Waals surface area contributed by atoms with Crippen LogP contribution >= 0.6 is 38.6 Å². The number of rotatable bonds is 3. The van der Waals surface area contributed by atoms with Crippen LogP contribution in [-0.2, 0) is 6.42 Å². The summed E-state index contributed by atoms with van der Waals surface area (Å²) in [4.78, 5) is 0.960. The van der Waals surface area contributed by atoms with Crippen LogP contribution < -0.4 is 0 Å². The Morgan fingerprint density at radius 2 is 2.05 bits per heavy atom. The van der Waals surface area contributed by atoms with Gasteiger partial charge in [-0.3, -0.25) is 0 Å². The molecule has 0 aliphatic carbocycles. The Bertz CT molecular complexity index is 691. The number of hydrogen-bond donors (Lipinski definition) is 1. The van der Waals surface area contributed by atoms with E-state index in [2.05, 4.69) is 27.4 Å². The molecule has 3 rings (SSSR count). The average Bonchev–Trinajstić information content (AvgIpc) is 2.94. The van der Waals surface area contributed by atoms with Crippen molar-refractivity contribution in [2.24, 2.45) is 0 Å². The fraction of sp³-hybridized carbons (Fsp3) is 0.143. The van der Waals surface area contributed by atoms with Gasteiger partial charge in [-0.25, -0.2) is 4.39 Å². The third-order valence-corrected chi connectivity index (χ3v) is 5.70. The minimum atomic E-state index is -0.540. The summed E-state index contributed by atoms with van der Waals surface area (Å²) in [5.41, 5.74) is 0.914. The van der Waals surface area contributed by atoms with Crippen LogP contribution in [0.25, 0.3) is 9.40 Å². The van der Waals surface area contributed by atoms with Gasteiger partial charge in [0, 0.05) is 20.7 Å². The summed E-state index contributed by atoms with van der Waals surface area (Å²) in [5.74, 6) is -0.283. The smallest absolute Gasteiger partial charge is 0.137 e. The first kappa shape index (κ1) is 13.2. The highest BCUT2D eigenvalue weighted by atomic mass is 79.9. The summed E-state index contributed by atoms with van der Waals surface area (Å²) >= 11 is 6.45. The van der Waals surface area contributed by atoms with Crippen molar-refractivity contribution in [2.45, 2.75) is 12.5 Å². The van der Waals surface area contributed by atoms with Gasteiger partial charge >= 0.3 is 0 Å². The number of aliphatic hydroxyl groups is 1. The topological polar surface area (TPSA) is 20.2 Å². The summed E-state index contributed by atoms with van der Waals surface area (Å²) in [5, 5.41) is 12.3. The lowest BCUT2D eigenvalue weighted by molar-refractivity contribution is 0.182. The molecule has 1 atom stereocenters. The van der Waals surface area contributed by atoms with Crippen LogP contribution in [0.3, 0.4) is 0 Å². The maximum absolute atomic E-state index is 13.2. The van der Waals surface area contributed by atoms with E-state index in [1.165, 1.54) is 15.5 Å². The number of benzene rings is 1. The van der Waals surface area contributed by atoms with E-state index in [0.717, 1.165) is 10.4 Å². The van der Waals surface area contributed by atoms with E-state index < -0.39 is 6.10 Å². The summed E-state index contributed by atoms with van der Waals surface area (Å²) < 4.78 is 16.0. The van der Waals surface area contributed by atoms with Crippen LogP contribution in [0.4, 0.5) is 4.39 Å². The molecule has 98 valence electrons. The second-order valence-corrected chi connectivity index (χ2v) is 7.18. The van der Waals surface area contributed by atoms with Crippen molar-refractivity contribution in [3.8, 4) is 0 Å². The highest BCUT2D eigenvalue weighted by Crippen LogP contribution is 2.34. The van der Waals surface area contributed by atoms with Gasteiger partial charge in [0.25, 0.3) is 0 Å². The Balaban J connectivity index is 1.82. The number of fused-ring (bicyclic) bond motifs is 1. The fourth-order valence-corrected chi connectivity index (χ4v) is 4.47. The summed E-state index contributed by atoms with van der Waals surface area (Å²) in [6, 6.07) is 8.94. The van der Waals surface area contributed by atoms with Crippen molar-refractivity contribution in [3.63, 3.8) is 0 Å². The van der Waals surface area contributed by atoms with E-state index in [9.17, 15) is 9.50 Å². The monoisotopic (exact) mass is 356 g/mol. The molecule has 2 heterocycles. The minimum absolute atomic E-state index is 0.283. The quantitative estimate of drug-likeness (QED) is 0.688. The van der Waals surface area contributed by atoms with Crippen molar-refractivity contribution >= 4 is 48.0 Å². The Morgan fingerprint density at radius 3 is 2.79 bits per heavy atom. The molecule has 0 radical (unpaired) electrons. The van der Waals surface area contributed by atoms with Gasteiger partial charge in [-0.05, 0) is 51.1 Å². The average molecular weight is 357 g/mol. The molecular formula is C14H10BrFOS2. The predicted octanol–water partition coefficient (Wildman–Crippen LogP) is 5.14. The Labute approximate surface area is 126 Å². The van der Waals surface area contributed by atoms with Gasteiger partial charge in [0.15, 0.2) is 0 Å². The molecule has 2 aromatic heterocycles. The Kier molecular flexibility index (Phi) is 3.71. The second kappa shape index (κ2) is 5.32. The molecule has 19 heavy (non-hydrogen) atoms. The lowest BCUT2D eigenvalue weighted by Crippen LogP contribution is -1.99. The molecule has 5 heteroatoms. The van der Waals surface area contributed by atoms with E-state index >= 15 is 0 Å². The van der Waals surface area contributed by atoms with Gasteiger partial charge in [0.2, 0.25) is 0 Å². The molecule has 3 aromatic rings. The van der Waals surface area contributed by atoms with Gasteiger partial charge in [0.1, 0.15) is 5.82 Å². The standard InChI is InChI=1S/C14H10BrFOS2/c15-9-5-8(1-2-10(9)16)6-11(17)13-7-14-12(19-13)3-4-18-14/h1-5,7,11,17H,6H2. The van der Waals surface area contributed by atoms with Crippen molar-refractivity contribution in [3.05, 3.63) is 56.4 Å². The summed E-state index contributed by atoms with van der Waals surface area (Å²) in [7, 11) is 0. The zero-order valence-electron chi connectivity index (χ0n) is 9.77. The number of aliphatic hydroxyl groups excluding tert-OH is 1. The van der Waals surface area contributed by atoms with E-state index in [-0.39, 0.29) is 5.82 Å². The molecule has 1 N–H and O–H groups in total. The zero-order valence-corrected chi connectivity index (χ0v) is 13.0. The van der Waals surface area contributed by atoms with Crippen LogP contribution in [0.2, 0.25) is 0 Å². The van der Waals surface area contributed by atoms with Crippen molar-refractivity contribution < 1.29 is 9.50 Å². The number of hydrogen-bond acceptors (Lipinski definition) is 3. The first-order chi connectivity index (χ1) is 9.13. The SMILES string of the molecule is OC(Cc1ccc(F)c(Br)c1)c1cc2sccc2s1. The summed E-state index contributed by atoms with van der Waals surface area (Å²) in [6.45, 7) is 0. The first-order valence-electron chi connectivity index (χ1n) is 5.72. The molecule has 0 bridgehead atoms. The van der Waals surface area contributed by atoms with E-state index in [0.29, 0.717) is 10.9 Å². The van der Waals surface area contributed by atoms with Crippen LogP contribution in [0.5, 0.6) is 0 Å². The maximum atomic E-state index is 13.2. The van der Waals surface area contributed by atoms with Crippen molar-refractivity contribution in [1.29, 1.82) is 0 Å². The van der Waals surface area contributed by atoms with E-state index in [1.807, 2.05) is 6.07 Å². The van der Waals surface area contributed by atoms with Gasteiger partial charge < -0.3 is 5.11 Å². The maximum Gasteiger partial charge on any atom is 0.137 e. The third-order valence-electron chi connectivity index (χ3n) is 2.90. The van der Waals surface area contributed by atoms with E-state index in [4.69, 9.17) is 0 Å². The molecular weight excluding hydrogens is 347 g/mol. The second-order valence-electron chi connectivity index (χ2n) is 4.27. The lowest BCUT2D eigenvalue weighted by Gasteiger charge is -2.09. The van der Waals surface area contributed by atoms with Crippen LogP contribution in [0.1, 0.15) is 16.5 Å². The van der Waals surface area contributed by atoms with Crippen LogP contribution in [0.15, 0.2) is 40.2 Å². The molecule has 0 saturated heterocycles. The fourth-order valence-electron chi connectivity index (χ4n) is 1.94. The third kappa shape index (κ3) is 2.74. The number of thiophene rings is 2. The number of halogens is 2. The molecule has 0 aliphatic rings. The van der Waals surface area contributed by atoms with Gasteiger partial charge in [-0.15, -0.1) is 22.7 Å². The van der Waals surface area contributed by atoms with Crippen LogP contribution in [0, 0.1) is 5.82 Å². The zero-order chi connectivity index (χ0) is 13.4. The lowest BCUT2D eigenvalue weighted by atomic mass is 10.1. The normalized spacial score (nSPS) is 13.0. The van der Waals surface area contributed by atoms with Crippen LogP contribution in [-0.4, -0.2) is 5.11 Å². The summed E-state index contributed by atoms with van der Waals surface area (Å²) in [6.07, 6.45) is -0.0471. The highest BCUT2D eigenvalue weighted by molar-refractivity contribution is 9.10. The molecule has 1 aromatic carbocycles. The largest absolute Gasteiger partial charge is 0.387 e. The van der Waals surface area contributed by atoms with Gasteiger partial charge in [-0.1, -0.05) is 6.07 Å². The highest BCUT2D eigenvalue weighted by Gasteiger charge is 2.13. The molecule has 1 nitrogen and oxygen atoms in total. The van der Waals surface area contributed by atoms with Gasteiger partial charge in [-0.2, -0.15) is 0 Å². The Morgan fingerprint density at radius 1 is 1.21 bits per heavy atom. The van der Waals surface area contributed by atoms with E-state index in [1.54, 1.807) is 34.8 Å². The van der Waals surface area contributed by atoms with Gasteiger partial charge in [0.05, 0.1) is 10.6 Å². The molecule has 0 fully saturated rings. The molecule has 0 amide bonds. The predicted molar refractivity (Wildman–Crippen MR) is 82.5 cm³/mol. The molecule has 0 saturated carbocycles. The molecule has 0 spiro atoms. The van der Waals surface area contributed by atoms with Crippen molar-refractivity contribution in [1.82, 2.24) is 0 Å². The first-order valence-corrected chi connectivity index (χ1v) is 8.21. The molecule has 1 unspecified atom stereocenters. The van der Waals surface area contributed by atoms with Crippen molar-refractivity contribution in [2.75, 3.05) is 0 Å². The minimum Gasteiger partial charge on any atom is -0.387 e.